The van der Waals surface area contributed by atoms with Crippen molar-refractivity contribution >= 4 is 32.9 Å². The van der Waals surface area contributed by atoms with Crippen molar-refractivity contribution < 1.29 is 63.8 Å². The molecule has 0 aliphatic carbocycles. The topological polar surface area (TPSA) is 0 Å². The molecule has 4 heavy (non-hydrogen) atoms. The van der Waals surface area contributed by atoms with Crippen molar-refractivity contribution in [2.24, 2.45) is 0 Å². The van der Waals surface area contributed by atoms with Crippen LogP contribution in [-0.2, 0) is 0 Å². The Balaban J connectivity index is -0.00000000500. The van der Waals surface area contributed by atoms with Gasteiger partial charge in [-0.3, -0.25) is 0 Å². The first-order valence-electron chi connectivity index (χ1n) is 0.218. The van der Waals surface area contributed by atoms with Crippen molar-refractivity contribution in [3.63, 3.8) is 0 Å². The smallest absolute Gasteiger partial charge is 1.00 e. The van der Waals surface area contributed by atoms with Crippen LogP contribution >= 0.6 is 8.32 Å². The van der Waals surface area contributed by atoms with Gasteiger partial charge in [-0.25, -0.2) is 0 Å². The Morgan fingerprint density at radius 2 is 1.25 bits per heavy atom. The molecule has 20 valence electrons. The fraction of sp³-hybridized carbons (Fsp3) is 0. The molecule has 0 aromatic rings. The Bertz CT molecular complexity index is 6.00. The summed E-state index contributed by atoms with van der Waals surface area (Å²) in [4.78, 5) is 0. The minimum absolute atomic E-state index is 0. The summed E-state index contributed by atoms with van der Waals surface area (Å²) in [6.07, 6.45) is 0. The molecular weight excluding hydrogens is 317 g/mol. The van der Waals surface area contributed by atoms with Crippen LogP contribution in [0, 0.1) is 0 Å². The van der Waals surface area contributed by atoms with Crippen molar-refractivity contribution in [3.05, 3.63) is 0 Å². The normalized spacial score (nSPS) is 1.50. The summed E-state index contributed by atoms with van der Waals surface area (Å²) in [7, 11) is 4.81. The zero-order chi connectivity index (χ0) is 2.00. The van der Waals surface area contributed by atoms with Crippen LogP contribution < -0.4 is 63.8 Å². The van der Waals surface area contributed by atoms with E-state index in [4.69, 9.17) is 8.32 Å². The minimum Gasteiger partial charge on any atom is 1.00 e. The Hall–Kier alpha value is 3.14. The average Bonchev–Trinajstić information content (AvgIpc) is 1.00. The van der Waals surface area contributed by atoms with E-state index in [0.29, 0.717) is 24.5 Å². The molecule has 0 nitrogen and oxygen atoms in total. The first kappa shape index (κ1) is 15.7. The van der Waals surface area contributed by atoms with Crippen LogP contribution in [0.4, 0.5) is 0 Å². The Morgan fingerprint density at radius 1 is 1.25 bits per heavy atom. The first-order chi connectivity index (χ1) is 1.00. The summed E-state index contributed by atoms with van der Waals surface area (Å²) < 4.78 is 0. The van der Waals surface area contributed by atoms with E-state index >= 15 is 0 Å². The molecule has 2 radical (unpaired) electrons. The number of hydrogen-bond acceptors (Lipinski definition) is 0. The van der Waals surface area contributed by atoms with Crippen LogP contribution in [0.2, 0.25) is 0 Å². The molecule has 0 aromatic heterocycles. The summed E-state index contributed by atoms with van der Waals surface area (Å²) in [5.41, 5.74) is 0. The average molecular weight is 318 g/mol. The monoisotopic (exact) mass is 318 g/mol. The van der Waals surface area contributed by atoms with Crippen molar-refractivity contribution in [1.82, 2.24) is 0 Å². The molecule has 0 fully saturated rings. The third kappa shape index (κ3) is 8.93. The summed E-state index contributed by atoms with van der Waals surface area (Å²) in [6, 6.07) is 0. The maximum Gasteiger partial charge on any atom is 1.00 e. The zero-order valence-corrected chi connectivity index (χ0v) is 11.5. The summed E-state index contributed by atoms with van der Waals surface area (Å²) in [5, 5.41) is 0. The van der Waals surface area contributed by atoms with Crippen LogP contribution in [0.15, 0.2) is 0 Å². The molecule has 0 atom stereocenters. The molecule has 0 N–H and O–H groups in total. The Labute approximate surface area is 94.0 Å². The van der Waals surface area contributed by atoms with E-state index in [0.717, 1.165) is 0 Å². The molecule has 0 aromatic carbocycles. The number of rotatable bonds is 0. The van der Waals surface area contributed by atoms with Gasteiger partial charge in [-0.1, -0.05) is 0 Å². The fourth-order valence-corrected chi connectivity index (χ4v) is 0. The van der Waals surface area contributed by atoms with Gasteiger partial charge in [0.1, 0.15) is 0 Å². The van der Waals surface area contributed by atoms with Gasteiger partial charge in [0.15, 0.2) is 0 Å². The Morgan fingerprint density at radius 3 is 1.25 bits per heavy atom. The molecule has 0 rings (SSSR count). The van der Waals surface area contributed by atoms with Crippen molar-refractivity contribution in [1.29, 1.82) is 0 Å². The van der Waals surface area contributed by atoms with Gasteiger partial charge in [-0.2, -0.15) is 0 Å². The largest absolute Gasteiger partial charge is 1.00 e. The maximum atomic E-state index is 4.81. The van der Waals surface area contributed by atoms with Gasteiger partial charge in [-0.05, 0) is 0 Å². The van der Waals surface area contributed by atoms with Gasteiger partial charge in [0, 0.05) is 0 Å². The summed E-state index contributed by atoms with van der Waals surface area (Å²) in [5.74, 6) is 0. The van der Waals surface area contributed by atoms with Crippen LogP contribution in [0.25, 0.3) is 0 Å². The van der Waals surface area contributed by atoms with Gasteiger partial charge in [-0.15, -0.1) is 0 Å². The van der Waals surface area contributed by atoms with E-state index in [1.807, 2.05) is 0 Å². The van der Waals surface area contributed by atoms with Gasteiger partial charge < -0.3 is 12.4 Å². The molecule has 0 spiro atoms. The molecule has 0 bridgehead atoms. The SMILES string of the molecule is [Cl-].[Cl][PbH].[K+]. The molecule has 4 heteroatoms. The van der Waals surface area contributed by atoms with Gasteiger partial charge in [0.05, 0.1) is 0 Å². The maximum absolute atomic E-state index is 4.81. The fourth-order valence-electron chi connectivity index (χ4n) is 0. The molecular formula is HCl2KPb. The molecule has 0 saturated carbocycles. The van der Waals surface area contributed by atoms with Crippen LogP contribution in [-0.4, -0.2) is 24.5 Å². The van der Waals surface area contributed by atoms with Gasteiger partial charge >= 0.3 is 84.2 Å². The summed E-state index contributed by atoms with van der Waals surface area (Å²) in [6.45, 7) is 0. The predicted octanol–water partition coefficient (Wildman–Crippen LogP) is -5.95. The second-order valence-electron chi connectivity index (χ2n) is 0. The van der Waals surface area contributed by atoms with Crippen molar-refractivity contribution in [2.45, 2.75) is 0 Å². The third-order valence-electron chi connectivity index (χ3n) is 0. The van der Waals surface area contributed by atoms with Gasteiger partial charge in [0.2, 0.25) is 0 Å². The number of hydrogen-bond donors (Lipinski definition) is 0. The zero-order valence-electron chi connectivity index (χ0n) is 2.33. The van der Waals surface area contributed by atoms with E-state index in [2.05, 4.69) is 0 Å². The van der Waals surface area contributed by atoms with Crippen molar-refractivity contribution in [3.8, 4) is 0 Å². The first-order valence-corrected chi connectivity index (χ1v) is 5.74. The van der Waals surface area contributed by atoms with E-state index in [9.17, 15) is 0 Å². The molecule has 0 aliphatic heterocycles. The quantitative estimate of drug-likeness (QED) is 0.390. The standard InChI is InChI=1S/2ClH.K.Pb.H/h2*1H;;;/q;;2*+1;/p-2. The second-order valence-corrected chi connectivity index (χ2v) is 0. The third-order valence-corrected chi connectivity index (χ3v) is 0. The predicted molar refractivity (Wildman–Crippen MR) is 13.0 cm³/mol. The minimum atomic E-state index is 0. The second kappa shape index (κ2) is 16.5. The van der Waals surface area contributed by atoms with E-state index in [-0.39, 0.29) is 63.8 Å². The Kier molecular flexibility index (Phi) is 64.6. The van der Waals surface area contributed by atoms with E-state index < -0.39 is 0 Å². The van der Waals surface area contributed by atoms with Crippen LogP contribution in [0.5, 0.6) is 0 Å². The van der Waals surface area contributed by atoms with E-state index in [1.54, 1.807) is 0 Å². The molecule has 0 unspecified atom stereocenters. The van der Waals surface area contributed by atoms with Gasteiger partial charge in [0.25, 0.3) is 0 Å². The number of halogens is 2. The van der Waals surface area contributed by atoms with Crippen LogP contribution in [0.1, 0.15) is 0 Å². The molecule has 0 saturated heterocycles. The summed E-state index contributed by atoms with van der Waals surface area (Å²) >= 11 is 0.639. The molecule has 0 aliphatic rings. The van der Waals surface area contributed by atoms with Crippen molar-refractivity contribution in [2.75, 3.05) is 0 Å². The molecule has 0 amide bonds. The van der Waals surface area contributed by atoms with Crippen LogP contribution in [0.3, 0.4) is 0 Å². The van der Waals surface area contributed by atoms with E-state index in [1.165, 1.54) is 0 Å². The molecule has 0 heterocycles.